The fourth-order valence-electron chi connectivity index (χ4n) is 3.57. The number of hydrogen-bond donors (Lipinski definition) is 1. The first kappa shape index (κ1) is 19.9. The summed E-state index contributed by atoms with van der Waals surface area (Å²) in [7, 11) is 0. The van der Waals surface area contributed by atoms with Crippen molar-refractivity contribution in [1.82, 2.24) is 30.6 Å². The van der Waals surface area contributed by atoms with E-state index in [9.17, 15) is 0 Å². The first-order valence-corrected chi connectivity index (χ1v) is 10.6. The molecule has 166 valence electrons. The summed E-state index contributed by atoms with van der Waals surface area (Å²) in [4.78, 5) is 9.02. The van der Waals surface area contributed by atoms with E-state index in [1.54, 1.807) is 0 Å². The van der Waals surface area contributed by atoms with Crippen molar-refractivity contribution in [2.24, 2.45) is 0 Å². The van der Waals surface area contributed by atoms with Crippen molar-refractivity contribution in [1.29, 1.82) is 0 Å². The third-order valence-corrected chi connectivity index (χ3v) is 5.24. The van der Waals surface area contributed by atoms with Gasteiger partial charge < -0.3 is 13.9 Å². The summed E-state index contributed by atoms with van der Waals surface area (Å²) in [5, 5.41) is 14.8. The van der Waals surface area contributed by atoms with Crippen LogP contribution < -0.4 is 9.47 Å². The fourth-order valence-corrected chi connectivity index (χ4v) is 3.57. The monoisotopic (exact) mass is 450 g/mol. The van der Waals surface area contributed by atoms with Gasteiger partial charge in [0.2, 0.25) is 0 Å². The lowest BCUT2D eigenvalue weighted by Gasteiger charge is -2.10. The first-order chi connectivity index (χ1) is 16.8. The fraction of sp³-hybridized carbons (Fsp3) is 0.0800. The number of para-hydroxylation sites is 1. The molecule has 0 fully saturated rings. The Morgan fingerprint density at radius 1 is 0.765 bits per heavy atom. The van der Waals surface area contributed by atoms with Crippen LogP contribution in [-0.4, -0.2) is 30.6 Å². The van der Waals surface area contributed by atoms with E-state index in [1.807, 2.05) is 72.8 Å². The standard InChI is InChI=1S/C25H18N6O3/c1-2-7-21-17(4-1)9-10-18(26-21)15-33-20-6-3-5-19(13-20)32-14-16-8-11-22-23(12-16)34-25(27-22)24-28-30-31-29-24/h1-13H,14-15H2,(H,28,29,30,31). The first-order valence-electron chi connectivity index (χ1n) is 10.6. The average Bonchev–Trinajstić information content (AvgIpc) is 3.56. The topological polar surface area (TPSA) is 112 Å². The van der Waals surface area contributed by atoms with Gasteiger partial charge in [-0.3, -0.25) is 0 Å². The van der Waals surface area contributed by atoms with E-state index in [0.717, 1.165) is 22.2 Å². The number of H-pyrrole nitrogens is 1. The smallest absolute Gasteiger partial charge is 0.269 e. The largest absolute Gasteiger partial charge is 0.489 e. The molecule has 9 heteroatoms. The van der Waals surface area contributed by atoms with Crippen molar-refractivity contribution >= 4 is 22.0 Å². The lowest BCUT2D eigenvalue weighted by atomic mass is 10.2. The molecule has 0 bridgehead atoms. The molecule has 0 aliphatic heterocycles. The molecule has 0 spiro atoms. The summed E-state index contributed by atoms with van der Waals surface area (Å²) in [6.07, 6.45) is 0. The summed E-state index contributed by atoms with van der Waals surface area (Å²) in [6, 6.07) is 25.3. The maximum absolute atomic E-state index is 5.97. The van der Waals surface area contributed by atoms with Gasteiger partial charge in [0.1, 0.15) is 30.2 Å². The van der Waals surface area contributed by atoms with Crippen molar-refractivity contribution in [2.75, 3.05) is 0 Å². The van der Waals surface area contributed by atoms with Crippen LogP contribution in [0.1, 0.15) is 11.3 Å². The van der Waals surface area contributed by atoms with Crippen LogP contribution in [0.3, 0.4) is 0 Å². The highest BCUT2D eigenvalue weighted by atomic mass is 16.5. The van der Waals surface area contributed by atoms with Gasteiger partial charge >= 0.3 is 0 Å². The Kier molecular flexibility index (Phi) is 5.04. The summed E-state index contributed by atoms with van der Waals surface area (Å²) in [5.74, 6) is 2.04. The molecule has 0 saturated carbocycles. The minimum absolute atomic E-state index is 0.310. The number of pyridine rings is 1. The zero-order valence-electron chi connectivity index (χ0n) is 17.9. The second kappa shape index (κ2) is 8.62. The van der Waals surface area contributed by atoms with Crippen LogP contribution in [0, 0.1) is 0 Å². The Balaban J connectivity index is 1.11. The van der Waals surface area contributed by atoms with Gasteiger partial charge in [0.15, 0.2) is 5.58 Å². The minimum Gasteiger partial charge on any atom is -0.489 e. The second-order valence-corrected chi connectivity index (χ2v) is 7.60. The molecule has 0 radical (unpaired) electrons. The number of oxazole rings is 1. The van der Waals surface area contributed by atoms with Gasteiger partial charge in [-0.2, -0.15) is 5.21 Å². The number of nitrogens with one attached hydrogen (secondary N) is 1. The van der Waals surface area contributed by atoms with Crippen molar-refractivity contribution < 1.29 is 13.9 Å². The van der Waals surface area contributed by atoms with Gasteiger partial charge in [-0.05, 0) is 47.2 Å². The summed E-state index contributed by atoms with van der Waals surface area (Å²) in [6.45, 7) is 0.739. The van der Waals surface area contributed by atoms with Crippen molar-refractivity contribution in [3.8, 4) is 23.2 Å². The highest BCUT2D eigenvalue weighted by Gasteiger charge is 2.12. The molecule has 9 nitrogen and oxygen atoms in total. The van der Waals surface area contributed by atoms with Crippen molar-refractivity contribution in [3.05, 3.63) is 90.1 Å². The highest BCUT2D eigenvalue weighted by Crippen LogP contribution is 2.24. The van der Waals surface area contributed by atoms with E-state index >= 15 is 0 Å². The predicted molar refractivity (Wildman–Crippen MR) is 124 cm³/mol. The Hall–Kier alpha value is -4.79. The Bertz CT molecular complexity index is 1580. The number of aromatic amines is 1. The predicted octanol–water partition coefficient (Wildman–Crippen LogP) is 4.71. The molecule has 0 aliphatic rings. The van der Waals surface area contributed by atoms with Gasteiger partial charge in [-0.25, -0.2) is 9.97 Å². The zero-order chi connectivity index (χ0) is 22.7. The molecule has 3 aromatic carbocycles. The Morgan fingerprint density at radius 2 is 1.65 bits per heavy atom. The Labute approximate surface area is 193 Å². The molecule has 0 unspecified atom stereocenters. The number of tetrazole rings is 1. The molecule has 0 amide bonds. The molecular formula is C25H18N6O3. The average molecular weight is 450 g/mol. The lowest BCUT2D eigenvalue weighted by Crippen LogP contribution is -1.99. The van der Waals surface area contributed by atoms with Gasteiger partial charge in [0, 0.05) is 11.5 Å². The van der Waals surface area contributed by atoms with Crippen LogP contribution >= 0.6 is 0 Å². The molecular weight excluding hydrogens is 432 g/mol. The molecule has 0 atom stereocenters. The maximum Gasteiger partial charge on any atom is 0.269 e. The van der Waals surface area contributed by atoms with Crippen LogP contribution in [0.5, 0.6) is 11.5 Å². The van der Waals surface area contributed by atoms with Crippen LogP contribution in [-0.2, 0) is 13.2 Å². The summed E-state index contributed by atoms with van der Waals surface area (Å²) >= 11 is 0. The van der Waals surface area contributed by atoms with E-state index in [-0.39, 0.29) is 0 Å². The highest BCUT2D eigenvalue weighted by molar-refractivity contribution is 5.78. The second-order valence-electron chi connectivity index (χ2n) is 7.60. The third-order valence-electron chi connectivity index (χ3n) is 5.24. The quantitative estimate of drug-likeness (QED) is 0.372. The number of aromatic nitrogens is 6. The molecule has 34 heavy (non-hydrogen) atoms. The lowest BCUT2D eigenvalue weighted by molar-refractivity contribution is 0.288. The number of fused-ring (bicyclic) bond motifs is 2. The van der Waals surface area contributed by atoms with E-state index in [4.69, 9.17) is 13.9 Å². The molecule has 1 N–H and O–H groups in total. The van der Waals surface area contributed by atoms with E-state index < -0.39 is 0 Å². The van der Waals surface area contributed by atoms with Gasteiger partial charge in [0.25, 0.3) is 11.7 Å². The normalized spacial score (nSPS) is 11.2. The molecule has 6 aromatic rings. The third kappa shape index (κ3) is 4.14. The van der Waals surface area contributed by atoms with Gasteiger partial charge in [-0.15, -0.1) is 10.2 Å². The number of nitrogens with zero attached hydrogens (tertiary/aromatic N) is 5. The molecule has 3 heterocycles. The van der Waals surface area contributed by atoms with Crippen LogP contribution in [0.2, 0.25) is 0 Å². The van der Waals surface area contributed by atoms with Crippen LogP contribution in [0.15, 0.2) is 83.3 Å². The van der Waals surface area contributed by atoms with E-state index in [2.05, 4.69) is 36.7 Å². The molecule has 0 saturated heterocycles. The number of ether oxygens (including phenoxy) is 2. The van der Waals surface area contributed by atoms with Crippen molar-refractivity contribution in [3.63, 3.8) is 0 Å². The molecule has 0 aliphatic carbocycles. The number of benzene rings is 3. The maximum atomic E-state index is 5.97. The number of hydrogen-bond acceptors (Lipinski definition) is 8. The molecule has 6 rings (SSSR count). The van der Waals surface area contributed by atoms with Crippen LogP contribution in [0.25, 0.3) is 33.7 Å². The minimum atomic E-state index is 0.310. The molecule has 3 aromatic heterocycles. The van der Waals surface area contributed by atoms with E-state index in [1.165, 1.54) is 0 Å². The summed E-state index contributed by atoms with van der Waals surface area (Å²) < 4.78 is 17.7. The van der Waals surface area contributed by atoms with E-state index in [0.29, 0.717) is 47.5 Å². The number of rotatable bonds is 7. The SMILES string of the molecule is c1cc(OCc2ccc3nc(-c4nn[nH]n4)oc3c2)cc(OCc2ccc3ccccc3n2)c1. The van der Waals surface area contributed by atoms with Crippen LogP contribution in [0.4, 0.5) is 0 Å². The zero-order valence-corrected chi connectivity index (χ0v) is 17.9. The van der Waals surface area contributed by atoms with Crippen molar-refractivity contribution in [2.45, 2.75) is 13.2 Å². The van der Waals surface area contributed by atoms with Gasteiger partial charge in [0.05, 0.1) is 11.2 Å². The summed E-state index contributed by atoms with van der Waals surface area (Å²) in [5.41, 5.74) is 4.09. The Morgan fingerprint density at radius 3 is 2.53 bits per heavy atom. The van der Waals surface area contributed by atoms with Gasteiger partial charge in [-0.1, -0.05) is 36.4 Å².